The van der Waals surface area contributed by atoms with Gasteiger partial charge in [0, 0.05) is 18.3 Å². The molecule has 6 N–H and O–H groups in total. The van der Waals surface area contributed by atoms with E-state index in [4.69, 9.17) is 20.7 Å². The molecule has 0 fully saturated rings. The van der Waals surface area contributed by atoms with Crippen LogP contribution in [-0.4, -0.2) is 76.7 Å². The molecule has 0 saturated heterocycles. The molecule has 5 aromatic rings. The van der Waals surface area contributed by atoms with Crippen LogP contribution in [0, 0.1) is 6.92 Å². The van der Waals surface area contributed by atoms with E-state index in [9.17, 15) is 27.5 Å². The number of benzene rings is 3. The van der Waals surface area contributed by atoms with Crippen molar-refractivity contribution in [3.8, 4) is 5.75 Å². The Hall–Kier alpha value is -5.64. The average molecular weight is 777 g/mol. The van der Waals surface area contributed by atoms with Gasteiger partial charge in [-0.2, -0.15) is 9.97 Å². The standard InChI is InChI=1S/C36H41N8O8PS/c1-24-11-17-29(18-12-24)54(49,50)21-19-51-35(46)30(10-6-7-20-53(47,48)52-28-8-4-3-5-9-28)41-34(45)25-13-15-27(16-14-25)44(2)23-26-22-39-33-31(40-26)32(37)42-36(38)43-33/h3-5,8-9,11-18,22,30H,6-7,10,19-21,23H2,1-2H3,(H,41,45)(H,47,48)(H4,37,38,39,42,43)/t30-/m0/s1. The molecule has 0 saturated carbocycles. The first-order chi connectivity index (χ1) is 25.7. The highest BCUT2D eigenvalue weighted by atomic mass is 32.2. The molecule has 1 amide bonds. The van der Waals surface area contributed by atoms with Crippen molar-refractivity contribution in [1.82, 2.24) is 25.3 Å². The lowest BCUT2D eigenvalue weighted by Gasteiger charge is -2.20. The third-order valence-corrected chi connectivity index (χ3v) is 11.3. The molecule has 2 heterocycles. The number of carbonyl (C=O) groups is 2. The number of aromatic nitrogens is 4. The molecule has 2 atom stereocenters. The topological polar surface area (TPSA) is 243 Å². The molecule has 0 aliphatic carbocycles. The second-order valence-corrected chi connectivity index (χ2v) is 16.5. The van der Waals surface area contributed by atoms with Gasteiger partial charge in [0.15, 0.2) is 26.8 Å². The second-order valence-electron chi connectivity index (χ2n) is 12.5. The third-order valence-electron chi connectivity index (χ3n) is 8.21. The maximum atomic E-state index is 13.4. The molecule has 18 heteroatoms. The van der Waals surface area contributed by atoms with E-state index in [2.05, 4.69) is 25.3 Å². The van der Waals surface area contributed by atoms with Crippen LogP contribution in [0.1, 0.15) is 40.9 Å². The average Bonchev–Trinajstić information content (AvgIpc) is 3.13. The van der Waals surface area contributed by atoms with Crippen molar-refractivity contribution in [2.75, 3.05) is 41.9 Å². The fraction of sp³-hybridized carbons (Fsp3) is 0.278. The number of fused-ring (bicyclic) bond motifs is 1. The summed E-state index contributed by atoms with van der Waals surface area (Å²) in [7, 11) is -5.90. The zero-order valence-corrected chi connectivity index (χ0v) is 31.4. The number of carbonyl (C=O) groups excluding carboxylic acids is 2. The number of esters is 1. The van der Waals surface area contributed by atoms with Gasteiger partial charge >= 0.3 is 13.6 Å². The summed E-state index contributed by atoms with van der Waals surface area (Å²) in [5.74, 6) is -1.50. The van der Waals surface area contributed by atoms with Crippen LogP contribution in [0.4, 0.5) is 17.5 Å². The van der Waals surface area contributed by atoms with Gasteiger partial charge in [0.2, 0.25) is 5.95 Å². The van der Waals surface area contributed by atoms with Crippen molar-refractivity contribution in [1.29, 1.82) is 0 Å². The van der Waals surface area contributed by atoms with Crippen LogP contribution in [0.25, 0.3) is 11.2 Å². The highest BCUT2D eigenvalue weighted by molar-refractivity contribution is 7.91. The highest BCUT2D eigenvalue weighted by Gasteiger charge is 2.26. The maximum absolute atomic E-state index is 13.4. The number of nitrogen functional groups attached to an aromatic ring is 2. The van der Waals surface area contributed by atoms with Gasteiger partial charge in [0.25, 0.3) is 5.91 Å². The monoisotopic (exact) mass is 776 g/mol. The fourth-order valence-electron chi connectivity index (χ4n) is 5.32. The predicted molar refractivity (Wildman–Crippen MR) is 204 cm³/mol. The fourth-order valence-corrected chi connectivity index (χ4v) is 7.57. The number of aryl methyl sites for hydroxylation is 1. The summed E-state index contributed by atoms with van der Waals surface area (Å²) >= 11 is 0. The normalized spacial score (nSPS) is 13.1. The second kappa shape index (κ2) is 17.5. The Kier molecular flexibility index (Phi) is 12.8. The Morgan fingerprint density at radius 3 is 2.37 bits per heavy atom. The quantitative estimate of drug-likeness (QED) is 0.0591. The molecular weight excluding hydrogens is 735 g/mol. The van der Waals surface area contributed by atoms with Crippen molar-refractivity contribution in [2.45, 2.75) is 43.7 Å². The zero-order valence-electron chi connectivity index (χ0n) is 29.7. The Balaban J connectivity index is 1.21. The third kappa shape index (κ3) is 10.9. The van der Waals surface area contributed by atoms with E-state index >= 15 is 0 Å². The van der Waals surface area contributed by atoms with E-state index in [1.165, 1.54) is 12.1 Å². The SMILES string of the molecule is Cc1ccc(S(=O)(=O)CCOC(=O)[C@H](CCCCP(=O)(O)Oc2ccccc2)NC(=O)c2ccc(N(C)Cc3cnc4nc(N)nc(N)c4n3)cc2)cc1. The molecule has 54 heavy (non-hydrogen) atoms. The molecule has 0 radical (unpaired) electrons. The molecule has 284 valence electrons. The van der Waals surface area contributed by atoms with E-state index < -0.39 is 47.7 Å². The highest BCUT2D eigenvalue weighted by Crippen LogP contribution is 2.43. The number of sulfone groups is 1. The van der Waals surface area contributed by atoms with E-state index in [-0.39, 0.29) is 59.0 Å². The van der Waals surface area contributed by atoms with Gasteiger partial charge in [-0.1, -0.05) is 42.3 Å². The Labute approximate surface area is 312 Å². The first kappa shape index (κ1) is 39.6. The van der Waals surface area contributed by atoms with E-state index in [0.29, 0.717) is 17.8 Å². The minimum atomic E-state index is -3.99. The van der Waals surface area contributed by atoms with Crippen molar-refractivity contribution in [3.05, 3.63) is 102 Å². The Morgan fingerprint density at radius 2 is 1.67 bits per heavy atom. The van der Waals surface area contributed by atoms with Gasteiger partial charge in [0.1, 0.15) is 18.4 Å². The maximum Gasteiger partial charge on any atom is 0.376 e. The van der Waals surface area contributed by atoms with Gasteiger partial charge in [0.05, 0.1) is 35.2 Å². The molecular formula is C36H41N8O8PS. The molecule has 0 aliphatic heterocycles. The summed E-state index contributed by atoms with van der Waals surface area (Å²) in [6.45, 7) is 1.74. The number of nitrogens with two attached hydrogens (primary N) is 2. The number of rotatable bonds is 17. The number of anilines is 3. The number of nitrogens with zero attached hydrogens (tertiary/aromatic N) is 5. The lowest BCUT2D eigenvalue weighted by atomic mass is 10.1. The lowest BCUT2D eigenvalue weighted by molar-refractivity contribution is -0.145. The summed E-state index contributed by atoms with van der Waals surface area (Å²) in [5, 5.41) is 2.68. The Bertz CT molecular complexity index is 2250. The van der Waals surface area contributed by atoms with Crippen LogP contribution < -0.4 is 26.2 Å². The van der Waals surface area contributed by atoms with Crippen molar-refractivity contribution in [2.24, 2.45) is 0 Å². The van der Waals surface area contributed by atoms with Crippen molar-refractivity contribution >= 4 is 57.9 Å². The van der Waals surface area contributed by atoms with Crippen molar-refractivity contribution < 1.29 is 36.7 Å². The van der Waals surface area contributed by atoms with Gasteiger partial charge < -0.3 is 35.8 Å². The van der Waals surface area contributed by atoms with Crippen molar-refractivity contribution in [3.63, 3.8) is 0 Å². The van der Waals surface area contributed by atoms with Gasteiger partial charge in [-0.05, 0) is 68.3 Å². The van der Waals surface area contributed by atoms with E-state index in [1.54, 1.807) is 72.9 Å². The molecule has 2 aromatic heterocycles. The number of hydrogen-bond acceptors (Lipinski definition) is 14. The van der Waals surface area contributed by atoms with E-state index in [0.717, 1.165) is 11.3 Å². The number of hydrogen-bond donors (Lipinski definition) is 4. The largest absolute Gasteiger partial charge is 0.463 e. The Morgan fingerprint density at radius 1 is 0.963 bits per heavy atom. The molecule has 5 rings (SSSR count). The number of nitrogens with one attached hydrogen (secondary N) is 1. The van der Waals surface area contributed by atoms with Gasteiger partial charge in [-0.3, -0.25) is 4.79 Å². The van der Waals surface area contributed by atoms with Gasteiger partial charge in [-0.15, -0.1) is 0 Å². The summed E-state index contributed by atoms with van der Waals surface area (Å²) < 4.78 is 48.8. The number of para-hydroxylation sites is 1. The molecule has 0 aliphatic rings. The smallest absolute Gasteiger partial charge is 0.376 e. The molecule has 1 unspecified atom stereocenters. The number of amides is 1. The summed E-state index contributed by atoms with van der Waals surface area (Å²) in [5.41, 5.74) is 14.7. The summed E-state index contributed by atoms with van der Waals surface area (Å²) in [4.78, 5) is 55.7. The summed E-state index contributed by atoms with van der Waals surface area (Å²) in [6.07, 6.45) is 1.85. The molecule has 0 bridgehead atoms. The van der Waals surface area contributed by atoms with Crippen LogP contribution in [0.3, 0.4) is 0 Å². The van der Waals surface area contributed by atoms with Crippen LogP contribution in [0.2, 0.25) is 0 Å². The number of ether oxygens (including phenoxy) is 1. The molecule has 3 aromatic carbocycles. The van der Waals surface area contributed by atoms with E-state index in [1.807, 2.05) is 18.9 Å². The van der Waals surface area contributed by atoms with Crippen LogP contribution in [0.15, 0.2) is 90.0 Å². The summed E-state index contributed by atoms with van der Waals surface area (Å²) in [6, 6.07) is 20.0. The van der Waals surface area contributed by atoms with Gasteiger partial charge in [-0.25, -0.2) is 27.7 Å². The predicted octanol–water partition coefficient (Wildman–Crippen LogP) is 4.08. The minimum absolute atomic E-state index is 0.00122. The number of unbranched alkanes of at least 4 members (excludes halogenated alkanes) is 1. The molecule has 16 nitrogen and oxygen atoms in total. The molecule has 0 spiro atoms. The zero-order chi connectivity index (χ0) is 38.9. The van der Waals surface area contributed by atoms with Crippen LogP contribution in [0.5, 0.6) is 5.75 Å². The first-order valence-electron chi connectivity index (χ1n) is 16.9. The minimum Gasteiger partial charge on any atom is -0.463 e. The first-order valence-corrected chi connectivity index (χ1v) is 20.3. The lowest BCUT2D eigenvalue weighted by Crippen LogP contribution is -2.42. The van der Waals surface area contributed by atoms with Crippen LogP contribution in [-0.2, 0) is 30.5 Å². The van der Waals surface area contributed by atoms with Crippen LogP contribution >= 0.6 is 7.60 Å².